The lowest BCUT2D eigenvalue weighted by atomic mass is 9.93. The molecular formula is C15H26O. The molecule has 1 heteroatoms. The van der Waals surface area contributed by atoms with Crippen molar-refractivity contribution in [2.24, 2.45) is 11.8 Å². The molecule has 0 aliphatic heterocycles. The van der Waals surface area contributed by atoms with Gasteiger partial charge in [0.1, 0.15) is 0 Å². The largest absolute Gasteiger partial charge is 0.498 e. The van der Waals surface area contributed by atoms with E-state index in [1.54, 1.807) is 0 Å². The van der Waals surface area contributed by atoms with Crippen molar-refractivity contribution in [2.45, 2.75) is 52.4 Å². The highest BCUT2D eigenvalue weighted by atomic mass is 16.5. The van der Waals surface area contributed by atoms with E-state index in [2.05, 4.69) is 32.6 Å². The average Bonchev–Trinajstić information content (AvgIpc) is 2.35. The highest BCUT2D eigenvalue weighted by Gasteiger charge is 2.15. The summed E-state index contributed by atoms with van der Waals surface area (Å²) in [7, 11) is 0. The minimum atomic E-state index is 0.559. The Morgan fingerprint density at radius 1 is 1.44 bits per heavy atom. The Kier molecular flexibility index (Phi) is 6.29. The van der Waals surface area contributed by atoms with Crippen molar-refractivity contribution < 1.29 is 4.74 Å². The SMILES string of the molecule is C=C(OCC(CC)CCC)C1CC=CCC1. The van der Waals surface area contributed by atoms with E-state index >= 15 is 0 Å². The molecule has 0 saturated carbocycles. The molecule has 0 bridgehead atoms. The molecule has 0 N–H and O–H groups in total. The molecule has 0 radical (unpaired) electrons. The van der Waals surface area contributed by atoms with Crippen molar-refractivity contribution >= 4 is 0 Å². The quantitative estimate of drug-likeness (QED) is 0.448. The number of hydrogen-bond acceptors (Lipinski definition) is 1. The molecule has 1 rings (SSSR count). The van der Waals surface area contributed by atoms with Gasteiger partial charge in [0.25, 0.3) is 0 Å². The third-order valence-corrected chi connectivity index (χ3v) is 3.50. The lowest BCUT2D eigenvalue weighted by Gasteiger charge is -2.23. The summed E-state index contributed by atoms with van der Waals surface area (Å²) >= 11 is 0. The van der Waals surface area contributed by atoms with Crippen molar-refractivity contribution in [1.29, 1.82) is 0 Å². The normalized spacial score (nSPS) is 21.8. The van der Waals surface area contributed by atoms with Gasteiger partial charge in [0.05, 0.1) is 12.4 Å². The van der Waals surface area contributed by atoms with Crippen LogP contribution in [0.5, 0.6) is 0 Å². The van der Waals surface area contributed by atoms with Gasteiger partial charge in [0.15, 0.2) is 0 Å². The van der Waals surface area contributed by atoms with Crippen LogP contribution in [0.2, 0.25) is 0 Å². The van der Waals surface area contributed by atoms with E-state index in [0.29, 0.717) is 11.8 Å². The molecule has 0 heterocycles. The van der Waals surface area contributed by atoms with Crippen molar-refractivity contribution in [3.63, 3.8) is 0 Å². The Morgan fingerprint density at radius 2 is 2.25 bits per heavy atom. The predicted molar refractivity (Wildman–Crippen MR) is 70.3 cm³/mol. The first-order valence-electron chi connectivity index (χ1n) is 6.74. The van der Waals surface area contributed by atoms with Crippen molar-refractivity contribution in [3.8, 4) is 0 Å². The highest BCUT2D eigenvalue weighted by Crippen LogP contribution is 2.26. The molecule has 2 unspecified atom stereocenters. The van der Waals surface area contributed by atoms with Crippen molar-refractivity contribution in [1.82, 2.24) is 0 Å². The van der Waals surface area contributed by atoms with E-state index in [-0.39, 0.29) is 0 Å². The maximum absolute atomic E-state index is 5.86. The van der Waals surface area contributed by atoms with Crippen LogP contribution in [0.15, 0.2) is 24.5 Å². The molecule has 1 aliphatic carbocycles. The first-order chi connectivity index (χ1) is 7.77. The molecule has 0 saturated heterocycles. The van der Waals surface area contributed by atoms with Crippen molar-refractivity contribution in [2.75, 3.05) is 6.61 Å². The molecular weight excluding hydrogens is 196 g/mol. The van der Waals surface area contributed by atoms with Gasteiger partial charge in [0.2, 0.25) is 0 Å². The van der Waals surface area contributed by atoms with Crippen LogP contribution < -0.4 is 0 Å². The summed E-state index contributed by atoms with van der Waals surface area (Å²) in [6.45, 7) is 9.44. The van der Waals surface area contributed by atoms with E-state index in [0.717, 1.165) is 18.8 Å². The zero-order chi connectivity index (χ0) is 11.8. The van der Waals surface area contributed by atoms with Crippen LogP contribution in [0.4, 0.5) is 0 Å². The fourth-order valence-corrected chi connectivity index (χ4v) is 2.24. The van der Waals surface area contributed by atoms with Crippen LogP contribution in [0, 0.1) is 11.8 Å². The van der Waals surface area contributed by atoms with Crippen LogP contribution in [-0.4, -0.2) is 6.61 Å². The van der Waals surface area contributed by atoms with Gasteiger partial charge in [-0.2, -0.15) is 0 Å². The van der Waals surface area contributed by atoms with Crippen LogP contribution >= 0.6 is 0 Å². The molecule has 16 heavy (non-hydrogen) atoms. The van der Waals surface area contributed by atoms with E-state index in [9.17, 15) is 0 Å². The molecule has 1 aliphatic rings. The molecule has 0 aromatic heterocycles. The molecule has 0 amide bonds. The number of allylic oxidation sites excluding steroid dienone is 3. The molecule has 92 valence electrons. The smallest absolute Gasteiger partial charge is 0.0922 e. The van der Waals surface area contributed by atoms with Gasteiger partial charge < -0.3 is 4.74 Å². The number of hydrogen-bond donors (Lipinski definition) is 0. The van der Waals surface area contributed by atoms with Gasteiger partial charge in [-0.05, 0) is 31.6 Å². The minimum absolute atomic E-state index is 0.559. The van der Waals surface area contributed by atoms with Crippen LogP contribution in [0.3, 0.4) is 0 Å². The summed E-state index contributed by atoms with van der Waals surface area (Å²) in [5.41, 5.74) is 0. The maximum atomic E-state index is 5.86. The topological polar surface area (TPSA) is 9.23 Å². The minimum Gasteiger partial charge on any atom is -0.498 e. The lowest BCUT2D eigenvalue weighted by Crippen LogP contribution is -2.13. The zero-order valence-electron chi connectivity index (χ0n) is 10.9. The Morgan fingerprint density at radius 3 is 2.81 bits per heavy atom. The third-order valence-electron chi connectivity index (χ3n) is 3.50. The van der Waals surface area contributed by atoms with Crippen molar-refractivity contribution in [3.05, 3.63) is 24.5 Å². The Bertz CT molecular complexity index is 230. The van der Waals surface area contributed by atoms with Crippen LogP contribution in [-0.2, 0) is 4.74 Å². The van der Waals surface area contributed by atoms with Gasteiger partial charge in [-0.25, -0.2) is 0 Å². The van der Waals surface area contributed by atoms with E-state index in [4.69, 9.17) is 4.74 Å². The summed E-state index contributed by atoms with van der Waals surface area (Å²) in [5.74, 6) is 2.28. The fraction of sp³-hybridized carbons (Fsp3) is 0.733. The summed E-state index contributed by atoms with van der Waals surface area (Å²) in [4.78, 5) is 0. The Labute approximate surface area is 101 Å². The van der Waals surface area contributed by atoms with Gasteiger partial charge in [-0.3, -0.25) is 0 Å². The molecule has 0 aromatic rings. The van der Waals surface area contributed by atoms with E-state index < -0.39 is 0 Å². The van der Waals surface area contributed by atoms with Gasteiger partial charge in [0, 0.05) is 5.92 Å². The second kappa shape index (κ2) is 7.54. The average molecular weight is 222 g/mol. The Balaban J connectivity index is 2.25. The van der Waals surface area contributed by atoms with Gasteiger partial charge >= 0.3 is 0 Å². The van der Waals surface area contributed by atoms with Crippen LogP contribution in [0.1, 0.15) is 52.4 Å². The lowest BCUT2D eigenvalue weighted by molar-refractivity contribution is 0.130. The number of rotatable bonds is 7. The van der Waals surface area contributed by atoms with E-state index in [1.165, 1.54) is 32.1 Å². The fourth-order valence-electron chi connectivity index (χ4n) is 2.24. The standard InChI is InChI=1S/C15H26O/c1-4-9-14(5-2)12-16-13(3)15-10-7-6-8-11-15/h6-7,14-15H,3-5,8-12H2,1-2H3. The molecule has 0 spiro atoms. The Hall–Kier alpha value is -0.720. The number of ether oxygens (including phenoxy) is 1. The van der Waals surface area contributed by atoms with Gasteiger partial charge in [-0.15, -0.1) is 0 Å². The summed E-state index contributed by atoms with van der Waals surface area (Å²) < 4.78 is 5.86. The first-order valence-corrected chi connectivity index (χ1v) is 6.74. The summed E-state index contributed by atoms with van der Waals surface area (Å²) in [5, 5.41) is 0. The molecule has 1 nitrogen and oxygen atoms in total. The molecule has 0 fully saturated rings. The second-order valence-corrected chi connectivity index (χ2v) is 4.82. The second-order valence-electron chi connectivity index (χ2n) is 4.82. The zero-order valence-corrected chi connectivity index (χ0v) is 10.9. The molecule has 0 aromatic carbocycles. The summed E-state index contributed by atoms with van der Waals surface area (Å²) in [6.07, 6.45) is 11.8. The maximum Gasteiger partial charge on any atom is 0.0922 e. The van der Waals surface area contributed by atoms with Gasteiger partial charge in [-0.1, -0.05) is 45.4 Å². The first kappa shape index (κ1) is 13.3. The molecule has 2 atom stereocenters. The third kappa shape index (κ3) is 4.42. The monoisotopic (exact) mass is 222 g/mol. The van der Waals surface area contributed by atoms with Crippen LogP contribution in [0.25, 0.3) is 0 Å². The predicted octanol–water partition coefficient (Wildman–Crippen LogP) is 4.70. The highest BCUT2D eigenvalue weighted by molar-refractivity contribution is 5.01. The summed E-state index contributed by atoms with van der Waals surface area (Å²) in [6, 6.07) is 0. The van der Waals surface area contributed by atoms with E-state index in [1.807, 2.05) is 0 Å².